The van der Waals surface area contributed by atoms with Crippen molar-refractivity contribution in [3.8, 4) is 0 Å². The van der Waals surface area contributed by atoms with Crippen molar-refractivity contribution in [2.75, 3.05) is 0 Å². The van der Waals surface area contributed by atoms with E-state index in [1.807, 2.05) is 19.1 Å². The average molecular weight is 463 g/mol. The average Bonchev–Trinajstić information content (AvgIpc) is 2.81. The van der Waals surface area contributed by atoms with Gasteiger partial charge in [-0.2, -0.15) is 0 Å². The number of nitrogens with one attached hydrogen (secondary N) is 1. The number of carbonyl (C=O) groups excluding carboxylic acids is 2. The molecular formula is C30H42N2O2. The fourth-order valence-electron chi connectivity index (χ4n) is 4.72. The van der Waals surface area contributed by atoms with E-state index in [1.165, 1.54) is 24.8 Å². The minimum atomic E-state index is -0.502. The predicted octanol–water partition coefficient (Wildman–Crippen LogP) is 6.09. The first-order valence-electron chi connectivity index (χ1n) is 12.9. The van der Waals surface area contributed by atoms with Crippen molar-refractivity contribution in [1.82, 2.24) is 10.2 Å². The molecule has 1 aliphatic carbocycles. The summed E-state index contributed by atoms with van der Waals surface area (Å²) in [5, 5.41) is 3.21. The Hall–Kier alpha value is -2.62. The molecule has 1 fully saturated rings. The number of nitrogens with zero attached hydrogens (tertiary/aromatic N) is 1. The van der Waals surface area contributed by atoms with Crippen molar-refractivity contribution in [1.29, 1.82) is 0 Å². The third-order valence-electron chi connectivity index (χ3n) is 7.00. The molecule has 0 unspecified atom stereocenters. The third kappa shape index (κ3) is 7.44. The van der Waals surface area contributed by atoms with E-state index in [2.05, 4.69) is 69.4 Å². The zero-order valence-corrected chi connectivity index (χ0v) is 21.7. The van der Waals surface area contributed by atoms with Crippen LogP contribution >= 0.6 is 0 Å². The lowest BCUT2D eigenvalue weighted by atomic mass is 9.86. The quantitative estimate of drug-likeness (QED) is 0.516. The lowest BCUT2D eigenvalue weighted by molar-refractivity contribution is -0.141. The normalized spacial score (nSPS) is 15.6. The monoisotopic (exact) mass is 462 g/mol. The molecule has 2 aromatic carbocycles. The maximum absolute atomic E-state index is 13.4. The van der Waals surface area contributed by atoms with Crippen LogP contribution in [0.5, 0.6) is 0 Å². The van der Waals surface area contributed by atoms with Crippen LogP contribution in [0.1, 0.15) is 88.5 Å². The van der Waals surface area contributed by atoms with Gasteiger partial charge in [0.25, 0.3) is 0 Å². The Bertz CT molecular complexity index is 953. The summed E-state index contributed by atoms with van der Waals surface area (Å²) in [5.41, 5.74) is 4.76. The molecule has 0 radical (unpaired) electrons. The SMILES string of the molecule is Cc1cccc(CN(C(=O)CCc2ccc(C(C)(C)C)cc2)[C@@H](C)C(=O)NC2CCCCC2)c1. The number of carbonyl (C=O) groups is 2. The molecule has 4 nitrogen and oxygen atoms in total. The van der Waals surface area contributed by atoms with Gasteiger partial charge < -0.3 is 10.2 Å². The second-order valence-electron chi connectivity index (χ2n) is 11.0. The summed E-state index contributed by atoms with van der Waals surface area (Å²) in [6.07, 6.45) is 6.71. The lowest BCUT2D eigenvalue weighted by Crippen LogP contribution is -2.50. The maximum atomic E-state index is 13.4. The fourth-order valence-corrected chi connectivity index (χ4v) is 4.72. The molecule has 34 heavy (non-hydrogen) atoms. The van der Waals surface area contributed by atoms with Gasteiger partial charge in [0.15, 0.2) is 0 Å². The highest BCUT2D eigenvalue weighted by Gasteiger charge is 2.28. The third-order valence-corrected chi connectivity index (χ3v) is 7.00. The molecule has 1 N–H and O–H groups in total. The second kappa shape index (κ2) is 11.7. The van der Waals surface area contributed by atoms with Crippen molar-refractivity contribution < 1.29 is 9.59 Å². The number of aryl methyl sites for hydroxylation is 2. The fraction of sp³-hybridized carbons (Fsp3) is 0.533. The van der Waals surface area contributed by atoms with Gasteiger partial charge in [-0.05, 0) is 55.2 Å². The molecule has 1 aliphatic rings. The molecule has 0 aromatic heterocycles. The molecule has 0 heterocycles. The molecule has 2 amide bonds. The second-order valence-corrected chi connectivity index (χ2v) is 11.0. The number of benzene rings is 2. The Balaban J connectivity index is 1.69. The van der Waals surface area contributed by atoms with Crippen LogP contribution in [0.4, 0.5) is 0 Å². The van der Waals surface area contributed by atoms with Gasteiger partial charge in [0.1, 0.15) is 6.04 Å². The highest BCUT2D eigenvalue weighted by atomic mass is 16.2. The van der Waals surface area contributed by atoms with Crippen molar-refractivity contribution in [3.63, 3.8) is 0 Å². The van der Waals surface area contributed by atoms with Crippen LogP contribution in [-0.2, 0) is 28.0 Å². The Kier molecular flexibility index (Phi) is 8.93. The van der Waals surface area contributed by atoms with Crippen LogP contribution in [0.15, 0.2) is 48.5 Å². The van der Waals surface area contributed by atoms with Crippen LogP contribution < -0.4 is 5.32 Å². The van der Waals surface area contributed by atoms with E-state index in [9.17, 15) is 9.59 Å². The van der Waals surface area contributed by atoms with E-state index in [-0.39, 0.29) is 23.3 Å². The van der Waals surface area contributed by atoms with Gasteiger partial charge in [-0.3, -0.25) is 9.59 Å². The van der Waals surface area contributed by atoms with Gasteiger partial charge >= 0.3 is 0 Å². The topological polar surface area (TPSA) is 49.4 Å². The van der Waals surface area contributed by atoms with Gasteiger partial charge in [-0.25, -0.2) is 0 Å². The zero-order chi connectivity index (χ0) is 24.7. The standard InChI is InChI=1S/C30H42N2O2/c1-22-10-9-11-25(20-22)21-32(23(2)29(34)31-27-12-7-6-8-13-27)28(33)19-16-24-14-17-26(18-15-24)30(3,4)5/h9-11,14-15,17-18,20,23,27H,6-8,12-13,16,19,21H2,1-5H3,(H,31,34)/t23-/m0/s1. The Morgan fingerprint density at radius 2 is 1.68 bits per heavy atom. The molecule has 3 rings (SSSR count). The summed E-state index contributed by atoms with van der Waals surface area (Å²) in [6.45, 7) is 11.0. The van der Waals surface area contributed by atoms with E-state index in [4.69, 9.17) is 0 Å². The van der Waals surface area contributed by atoms with Gasteiger partial charge in [0.2, 0.25) is 11.8 Å². The van der Waals surface area contributed by atoms with Gasteiger partial charge in [-0.15, -0.1) is 0 Å². The Morgan fingerprint density at radius 1 is 1.00 bits per heavy atom. The first-order valence-corrected chi connectivity index (χ1v) is 12.9. The highest BCUT2D eigenvalue weighted by Crippen LogP contribution is 2.23. The van der Waals surface area contributed by atoms with Crippen molar-refractivity contribution in [2.45, 2.75) is 104 Å². The molecule has 0 bridgehead atoms. The smallest absolute Gasteiger partial charge is 0.242 e. The molecule has 1 saturated carbocycles. The van der Waals surface area contributed by atoms with Crippen molar-refractivity contribution in [2.24, 2.45) is 0 Å². The molecule has 4 heteroatoms. The molecule has 0 spiro atoms. The maximum Gasteiger partial charge on any atom is 0.242 e. The molecule has 0 saturated heterocycles. The Morgan fingerprint density at radius 3 is 2.29 bits per heavy atom. The van der Waals surface area contributed by atoms with Crippen LogP contribution in [0.2, 0.25) is 0 Å². The van der Waals surface area contributed by atoms with E-state index >= 15 is 0 Å². The Labute approximate surface area is 206 Å². The first-order chi connectivity index (χ1) is 16.1. The van der Waals surface area contributed by atoms with Crippen molar-refractivity contribution >= 4 is 11.8 Å². The van der Waals surface area contributed by atoms with E-state index in [0.29, 0.717) is 19.4 Å². The van der Waals surface area contributed by atoms with Crippen LogP contribution in [0.3, 0.4) is 0 Å². The molecular weight excluding hydrogens is 420 g/mol. The van der Waals surface area contributed by atoms with E-state index in [0.717, 1.165) is 29.5 Å². The zero-order valence-electron chi connectivity index (χ0n) is 21.7. The number of amides is 2. The van der Waals surface area contributed by atoms with Crippen molar-refractivity contribution in [3.05, 3.63) is 70.8 Å². The largest absolute Gasteiger partial charge is 0.352 e. The number of hydrogen-bond donors (Lipinski definition) is 1. The highest BCUT2D eigenvalue weighted by molar-refractivity contribution is 5.87. The number of hydrogen-bond acceptors (Lipinski definition) is 2. The molecule has 1 atom stereocenters. The van der Waals surface area contributed by atoms with Gasteiger partial charge in [0.05, 0.1) is 0 Å². The summed E-state index contributed by atoms with van der Waals surface area (Å²) < 4.78 is 0. The van der Waals surface area contributed by atoms with E-state index < -0.39 is 6.04 Å². The van der Waals surface area contributed by atoms with Crippen LogP contribution in [0.25, 0.3) is 0 Å². The minimum absolute atomic E-state index is 0.0210. The molecule has 2 aromatic rings. The molecule has 0 aliphatic heterocycles. The summed E-state index contributed by atoms with van der Waals surface area (Å²) >= 11 is 0. The van der Waals surface area contributed by atoms with Gasteiger partial charge in [0, 0.05) is 19.0 Å². The summed E-state index contributed by atoms with van der Waals surface area (Å²) in [5.74, 6) is -0.0184. The van der Waals surface area contributed by atoms with Crippen LogP contribution in [-0.4, -0.2) is 28.8 Å². The predicted molar refractivity (Wildman–Crippen MR) is 140 cm³/mol. The summed E-state index contributed by atoms with van der Waals surface area (Å²) in [6, 6.07) is 16.5. The van der Waals surface area contributed by atoms with Gasteiger partial charge in [-0.1, -0.05) is 94.1 Å². The van der Waals surface area contributed by atoms with E-state index in [1.54, 1.807) is 4.90 Å². The van der Waals surface area contributed by atoms with Crippen LogP contribution in [0, 0.1) is 6.92 Å². The summed E-state index contributed by atoms with van der Waals surface area (Å²) in [7, 11) is 0. The summed E-state index contributed by atoms with van der Waals surface area (Å²) in [4.78, 5) is 28.3. The number of rotatable bonds is 8. The minimum Gasteiger partial charge on any atom is -0.352 e. The molecule has 184 valence electrons. The lowest BCUT2D eigenvalue weighted by Gasteiger charge is -2.31. The first kappa shape index (κ1) is 26.0.